The van der Waals surface area contributed by atoms with E-state index in [1.807, 2.05) is 30.1 Å². The molecule has 0 bridgehead atoms. The lowest BCUT2D eigenvalue weighted by molar-refractivity contribution is 0.475. The molecule has 1 saturated heterocycles. The first-order valence-electron chi connectivity index (χ1n) is 6.75. The Bertz CT molecular complexity index is 553. The number of nitrogens with zero attached hydrogens (tertiary/aromatic N) is 2. The molecule has 1 aliphatic rings. The third-order valence-corrected chi connectivity index (χ3v) is 3.88. The van der Waals surface area contributed by atoms with Gasteiger partial charge in [0.05, 0.1) is 6.20 Å². The molecule has 0 saturated carbocycles. The molecule has 1 aliphatic heterocycles. The van der Waals surface area contributed by atoms with Crippen LogP contribution >= 0.6 is 0 Å². The minimum atomic E-state index is 0.300. The van der Waals surface area contributed by atoms with Gasteiger partial charge < -0.3 is 10.4 Å². The highest BCUT2D eigenvalue weighted by Crippen LogP contribution is 2.27. The highest BCUT2D eigenvalue weighted by Gasteiger charge is 2.19. The van der Waals surface area contributed by atoms with E-state index in [2.05, 4.69) is 10.4 Å². The zero-order valence-corrected chi connectivity index (χ0v) is 11.1. The average molecular weight is 257 g/mol. The molecule has 0 aliphatic carbocycles. The molecule has 1 fully saturated rings. The van der Waals surface area contributed by atoms with Crippen LogP contribution in [0.2, 0.25) is 0 Å². The molecule has 100 valence electrons. The fourth-order valence-electron chi connectivity index (χ4n) is 2.75. The van der Waals surface area contributed by atoms with E-state index >= 15 is 0 Å². The molecule has 0 radical (unpaired) electrons. The number of hydrogen-bond acceptors (Lipinski definition) is 3. The molecule has 1 aromatic heterocycles. The number of phenols is 1. The first-order valence-corrected chi connectivity index (χ1v) is 6.75. The van der Waals surface area contributed by atoms with Gasteiger partial charge in [0, 0.05) is 18.3 Å². The molecule has 0 spiro atoms. The lowest BCUT2D eigenvalue weighted by atomic mass is 9.97. The molecule has 1 aromatic carbocycles. The summed E-state index contributed by atoms with van der Waals surface area (Å²) in [6.07, 6.45) is 4.21. The summed E-state index contributed by atoms with van der Waals surface area (Å²) in [5, 5.41) is 17.2. The number of phenolic OH excluding ortho intramolecular Hbond substituents is 1. The molecular weight excluding hydrogens is 238 g/mol. The highest BCUT2D eigenvalue weighted by molar-refractivity contribution is 5.66. The molecule has 1 unspecified atom stereocenters. The van der Waals surface area contributed by atoms with E-state index in [0.717, 1.165) is 25.1 Å². The van der Waals surface area contributed by atoms with Gasteiger partial charge in [0.25, 0.3) is 0 Å². The molecule has 4 heteroatoms. The summed E-state index contributed by atoms with van der Waals surface area (Å²) in [5.74, 6) is 1.00. The van der Waals surface area contributed by atoms with Crippen LogP contribution in [0.15, 0.2) is 30.5 Å². The van der Waals surface area contributed by atoms with Crippen molar-refractivity contribution in [3.63, 3.8) is 0 Å². The molecular formula is C15H19N3O. The predicted molar refractivity (Wildman–Crippen MR) is 75.0 cm³/mol. The maximum atomic E-state index is 9.38. The summed E-state index contributed by atoms with van der Waals surface area (Å²) < 4.78 is 1.97. The maximum absolute atomic E-state index is 9.38. The maximum Gasteiger partial charge on any atom is 0.115 e. The minimum absolute atomic E-state index is 0.300. The Morgan fingerprint density at radius 1 is 1.37 bits per heavy atom. The number of nitrogens with one attached hydrogen (secondary N) is 1. The topological polar surface area (TPSA) is 50.1 Å². The Kier molecular flexibility index (Phi) is 3.25. The largest absolute Gasteiger partial charge is 0.508 e. The van der Waals surface area contributed by atoms with Crippen LogP contribution < -0.4 is 5.32 Å². The van der Waals surface area contributed by atoms with Gasteiger partial charge in [0.1, 0.15) is 5.75 Å². The van der Waals surface area contributed by atoms with Crippen LogP contribution in [-0.4, -0.2) is 28.0 Å². The van der Waals surface area contributed by atoms with E-state index in [4.69, 9.17) is 0 Å². The van der Waals surface area contributed by atoms with Gasteiger partial charge in [0.2, 0.25) is 0 Å². The van der Waals surface area contributed by atoms with Crippen molar-refractivity contribution in [1.29, 1.82) is 0 Å². The molecule has 3 rings (SSSR count). The summed E-state index contributed by atoms with van der Waals surface area (Å²) in [4.78, 5) is 0. The van der Waals surface area contributed by atoms with Crippen molar-refractivity contribution < 1.29 is 5.11 Å². The Balaban J connectivity index is 1.91. The van der Waals surface area contributed by atoms with Crippen LogP contribution in [0, 0.1) is 5.92 Å². The number of aromatic nitrogens is 2. The number of rotatable bonds is 3. The quantitative estimate of drug-likeness (QED) is 0.883. The molecule has 4 nitrogen and oxygen atoms in total. The van der Waals surface area contributed by atoms with Crippen molar-refractivity contribution in [2.45, 2.75) is 12.8 Å². The average Bonchev–Trinajstić information content (AvgIpc) is 3.03. The normalized spacial score (nSPS) is 18.9. The van der Waals surface area contributed by atoms with E-state index in [1.54, 1.807) is 12.1 Å². The van der Waals surface area contributed by atoms with Crippen molar-refractivity contribution in [2.75, 3.05) is 13.1 Å². The molecule has 1 atom stereocenters. The Morgan fingerprint density at radius 3 is 2.84 bits per heavy atom. The first-order chi connectivity index (χ1) is 9.24. The molecule has 2 aromatic rings. The van der Waals surface area contributed by atoms with Crippen molar-refractivity contribution in [2.24, 2.45) is 13.0 Å². The van der Waals surface area contributed by atoms with E-state index in [0.29, 0.717) is 11.7 Å². The monoisotopic (exact) mass is 257 g/mol. The summed E-state index contributed by atoms with van der Waals surface area (Å²) in [6, 6.07) is 7.35. The van der Waals surface area contributed by atoms with E-state index in [-0.39, 0.29) is 0 Å². The summed E-state index contributed by atoms with van der Waals surface area (Å²) in [7, 11) is 2.00. The zero-order chi connectivity index (χ0) is 13.2. The zero-order valence-electron chi connectivity index (χ0n) is 11.1. The van der Waals surface area contributed by atoms with Crippen molar-refractivity contribution in [1.82, 2.24) is 15.1 Å². The molecule has 0 amide bonds. The van der Waals surface area contributed by atoms with Gasteiger partial charge in [-0.05, 0) is 49.5 Å². The lowest BCUT2D eigenvalue weighted by Crippen LogP contribution is -2.13. The van der Waals surface area contributed by atoms with Crippen molar-refractivity contribution in [3.8, 4) is 16.9 Å². The van der Waals surface area contributed by atoms with E-state index < -0.39 is 0 Å². The van der Waals surface area contributed by atoms with Crippen molar-refractivity contribution >= 4 is 0 Å². The number of aromatic hydroxyl groups is 1. The number of benzene rings is 1. The number of hydrogen-bond donors (Lipinski definition) is 2. The Hall–Kier alpha value is -1.81. The highest BCUT2D eigenvalue weighted by atomic mass is 16.3. The third-order valence-electron chi connectivity index (χ3n) is 3.88. The van der Waals surface area contributed by atoms with E-state index in [9.17, 15) is 5.11 Å². The first kappa shape index (κ1) is 12.2. The predicted octanol–water partition coefficient (Wildman–Crippen LogP) is 1.94. The Morgan fingerprint density at radius 2 is 2.16 bits per heavy atom. The molecule has 2 N–H and O–H groups in total. The second-order valence-corrected chi connectivity index (χ2v) is 5.24. The van der Waals surface area contributed by atoms with E-state index in [1.165, 1.54) is 17.7 Å². The van der Waals surface area contributed by atoms with Gasteiger partial charge in [-0.3, -0.25) is 4.68 Å². The van der Waals surface area contributed by atoms with Crippen LogP contribution in [0.3, 0.4) is 0 Å². The molecule has 2 heterocycles. The Labute approximate surface area is 113 Å². The molecule has 19 heavy (non-hydrogen) atoms. The fraction of sp³-hybridized carbons (Fsp3) is 0.400. The third kappa shape index (κ3) is 2.49. The van der Waals surface area contributed by atoms with Crippen LogP contribution in [0.5, 0.6) is 5.75 Å². The lowest BCUT2D eigenvalue weighted by Gasteiger charge is -2.11. The summed E-state index contributed by atoms with van der Waals surface area (Å²) in [6.45, 7) is 2.22. The van der Waals surface area contributed by atoms with Gasteiger partial charge in [-0.2, -0.15) is 5.10 Å². The fourth-order valence-corrected chi connectivity index (χ4v) is 2.75. The van der Waals surface area contributed by atoms with Gasteiger partial charge in [-0.1, -0.05) is 12.1 Å². The van der Waals surface area contributed by atoms with Crippen LogP contribution in [0.1, 0.15) is 12.1 Å². The van der Waals surface area contributed by atoms with Gasteiger partial charge in [0.15, 0.2) is 0 Å². The SMILES string of the molecule is Cn1ncc(-c2ccc(O)cc2)c1CC1CCNC1. The second kappa shape index (κ2) is 5.05. The minimum Gasteiger partial charge on any atom is -0.508 e. The van der Waals surface area contributed by atoms with Gasteiger partial charge in [-0.25, -0.2) is 0 Å². The second-order valence-electron chi connectivity index (χ2n) is 5.24. The van der Waals surface area contributed by atoms with Crippen LogP contribution in [-0.2, 0) is 13.5 Å². The van der Waals surface area contributed by atoms with Crippen LogP contribution in [0.4, 0.5) is 0 Å². The summed E-state index contributed by atoms with van der Waals surface area (Å²) in [5.41, 5.74) is 3.57. The standard InChI is InChI=1S/C15H19N3O/c1-18-15(8-11-6-7-16-9-11)14(10-17-18)12-2-4-13(19)5-3-12/h2-5,10-11,16,19H,6-9H2,1H3. The van der Waals surface area contributed by atoms with Crippen molar-refractivity contribution in [3.05, 3.63) is 36.2 Å². The smallest absolute Gasteiger partial charge is 0.115 e. The van der Waals surface area contributed by atoms with Gasteiger partial charge in [-0.15, -0.1) is 0 Å². The number of aryl methyl sites for hydroxylation is 1. The van der Waals surface area contributed by atoms with Gasteiger partial charge >= 0.3 is 0 Å². The summed E-state index contributed by atoms with van der Waals surface area (Å²) >= 11 is 0. The van der Waals surface area contributed by atoms with Crippen LogP contribution in [0.25, 0.3) is 11.1 Å².